The van der Waals surface area contributed by atoms with Crippen LogP contribution >= 0.6 is 34.8 Å². The van der Waals surface area contributed by atoms with Gasteiger partial charge in [0.25, 0.3) is 0 Å². The Hall–Kier alpha value is -0.720. The second kappa shape index (κ2) is 6.81. The molecule has 22 heavy (non-hydrogen) atoms. The largest absolute Gasteiger partial charge is 0.465 e. The number of aromatic nitrogens is 1. The number of hydrogen-bond donors (Lipinski definition) is 0. The first-order chi connectivity index (χ1) is 9.87. The summed E-state index contributed by atoms with van der Waals surface area (Å²) in [6.45, 7) is 3.56. The van der Waals surface area contributed by atoms with Crippen molar-refractivity contribution in [3.05, 3.63) is 28.6 Å². The zero-order chi connectivity index (χ0) is 17.3. The highest BCUT2D eigenvalue weighted by atomic mass is 35.6. The molecule has 3 nitrogen and oxygen atoms in total. The summed E-state index contributed by atoms with van der Waals surface area (Å²) in [5.74, 6) is -1.17. The monoisotopic (exact) mass is 377 g/mol. The predicted octanol–water partition coefficient (Wildman–Crippen LogP) is 4.91. The van der Waals surface area contributed by atoms with E-state index in [0.717, 1.165) is 7.11 Å². The van der Waals surface area contributed by atoms with Crippen LogP contribution in [0.4, 0.5) is 13.2 Å². The molecule has 0 radical (unpaired) electrons. The molecule has 0 aromatic carbocycles. The number of pyridine rings is 1. The fraction of sp³-hybridized carbons (Fsp3) is 0.538. The van der Waals surface area contributed by atoms with E-state index in [4.69, 9.17) is 34.8 Å². The molecule has 1 aromatic rings. The topological polar surface area (TPSA) is 39.2 Å². The van der Waals surface area contributed by atoms with Gasteiger partial charge >= 0.3 is 12.1 Å². The molecule has 1 rings (SSSR count). The van der Waals surface area contributed by atoms with Crippen molar-refractivity contribution < 1.29 is 22.7 Å². The van der Waals surface area contributed by atoms with Crippen molar-refractivity contribution in [2.75, 3.05) is 7.11 Å². The Labute approximate surface area is 140 Å². The van der Waals surface area contributed by atoms with Crippen LogP contribution in [0, 0.1) is 5.92 Å². The van der Waals surface area contributed by atoms with E-state index in [9.17, 15) is 18.0 Å². The maximum absolute atomic E-state index is 13.2. The Morgan fingerprint density at radius 1 is 1.32 bits per heavy atom. The summed E-state index contributed by atoms with van der Waals surface area (Å²) in [5, 5.41) is 0. The van der Waals surface area contributed by atoms with E-state index in [-0.39, 0.29) is 17.9 Å². The summed E-state index contributed by atoms with van der Waals surface area (Å²) in [4.78, 5) is 15.1. The molecule has 0 saturated carbocycles. The first kappa shape index (κ1) is 19.3. The van der Waals surface area contributed by atoms with Crippen LogP contribution < -0.4 is 0 Å². The van der Waals surface area contributed by atoms with Crippen molar-refractivity contribution in [2.24, 2.45) is 5.92 Å². The lowest BCUT2D eigenvalue weighted by Crippen LogP contribution is -2.22. The molecule has 1 heterocycles. The lowest BCUT2D eigenvalue weighted by atomic mass is 9.96. The van der Waals surface area contributed by atoms with Gasteiger partial charge < -0.3 is 4.74 Å². The molecule has 0 aliphatic rings. The van der Waals surface area contributed by atoms with Crippen molar-refractivity contribution in [3.8, 4) is 0 Å². The van der Waals surface area contributed by atoms with Gasteiger partial charge in [0.1, 0.15) is 0 Å². The Bertz CT molecular complexity index is 569. The lowest BCUT2D eigenvalue weighted by molar-refractivity contribution is -0.141. The summed E-state index contributed by atoms with van der Waals surface area (Å²) in [7, 11) is 0.991. The molecule has 0 N–H and O–H groups in total. The van der Waals surface area contributed by atoms with E-state index < -0.39 is 32.9 Å². The smallest absolute Gasteiger partial charge is 0.434 e. The van der Waals surface area contributed by atoms with Crippen molar-refractivity contribution in [3.63, 3.8) is 0 Å². The highest BCUT2D eigenvalue weighted by Gasteiger charge is 2.41. The number of esters is 1. The van der Waals surface area contributed by atoms with Crippen molar-refractivity contribution >= 4 is 40.8 Å². The number of rotatable bonds is 3. The van der Waals surface area contributed by atoms with E-state index in [1.165, 1.54) is 6.07 Å². The highest BCUT2D eigenvalue weighted by molar-refractivity contribution is 6.66. The van der Waals surface area contributed by atoms with E-state index in [1.807, 2.05) is 0 Å². The highest BCUT2D eigenvalue weighted by Crippen LogP contribution is 2.41. The minimum absolute atomic E-state index is 0.0323. The number of nitrogens with zero attached hydrogens (tertiary/aromatic N) is 1. The van der Waals surface area contributed by atoms with Crippen LogP contribution in [0.25, 0.3) is 0 Å². The van der Waals surface area contributed by atoms with E-state index in [2.05, 4.69) is 9.72 Å². The molecule has 0 aliphatic heterocycles. The van der Waals surface area contributed by atoms with Gasteiger partial charge in [-0.1, -0.05) is 48.7 Å². The minimum Gasteiger partial charge on any atom is -0.465 e. The Morgan fingerprint density at radius 3 is 2.23 bits per heavy atom. The number of carbonyl (C=O) groups excluding carboxylic acids is 1. The molecule has 0 bridgehead atoms. The normalized spacial score (nSPS) is 12.6. The number of carbonyl (C=O) groups is 1. The van der Waals surface area contributed by atoms with E-state index in [0.29, 0.717) is 0 Å². The molecule has 0 atom stereocenters. The average molecular weight is 379 g/mol. The molecule has 0 saturated heterocycles. The molecule has 0 unspecified atom stereocenters. The van der Waals surface area contributed by atoms with Gasteiger partial charge in [0.2, 0.25) is 3.79 Å². The minimum atomic E-state index is -4.89. The number of alkyl halides is 6. The van der Waals surface area contributed by atoms with Gasteiger partial charge in [0.05, 0.1) is 18.4 Å². The molecule has 0 aliphatic carbocycles. The van der Waals surface area contributed by atoms with Crippen molar-refractivity contribution in [1.29, 1.82) is 0 Å². The van der Waals surface area contributed by atoms with Gasteiger partial charge in [0.15, 0.2) is 5.69 Å². The van der Waals surface area contributed by atoms with Crippen LogP contribution in [0.1, 0.15) is 41.2 Å². The van der Waals surface area contributed by atoms with Crippen molar-refractivity contribution in [1.82, 2.24) is 4.98 Å². The molecule has 124 valence electrons. The van der Waals surface area contributed by atoms with Gasteiger partial charge in [-0.25, -0.2) is 9.78 Å². The van der Waals surface area contributed by atoms with Crippen LogP contribution in [0.15, 0.2) is 6.07 Å². The predicted molar refractivity (Wildman–Crippen MR) is 78.4 cm³/mol. The summed E-state index contributed by atoms with van der Waals surface area (Å²) >= 11 is 16.9. The van der Waals surface area contributed by atoms with Crippen LogP contribution in [0.2, 0.25) is 0 Å². The van der Waals surface area contributed by atoms with Gasteiger partial charge in [-0.2, -0.15) is 13.2 Å². The Balaban J connectivity index is 3.73. The molecule has 1 aromatic heterocycles. The van der Waals surface area contributed by atoms with Crippen molar-refractivity contribution in [2.45, 2.75) is 30.2 Å². The SMILES string of the molecule is COC(=O)c1c(CC(C)C)cc(C(Cl)(Cl)Cl)nc1C(F)(F)F. The third-order valence-electron chi connectivity index (χ3n) is 2.68. The summed E-state index contributed by atoms with van der Waals surface area (Å²) in [5.41, 5.74) is -2.39. The van der Waals surface area contributed by atoms with Gasteiger partial charge in [0, 0.05) is 0 Å². The Morgan fingerprint density at radius 2 is 1.86 bits per heavy atom. The second-order valence-corrected chi connectivity index (χ2v) is 7.26. The van der Waals surface area contributed by atoms with Crippen LogP contribution in [0.5, 0.6) is 0 Å². The van der Waals surface area contributed by atoms with Crippen LogP contribution in [0.3, 0.4) is 0 Å². The third-order valence-corrected chi connectivity index (χ3v) is 3.26. The van der Waals surface area contributed by atoms with Crippen LogP contribution in [-0.2, 0) is 21.1 Å². The molecule has 0 amide bonds. The standard InChI is InChI=1S/C13H13Cl3F3NO2/c1-6(2)4-7-5-8(12(14,15)16)20-10(13(17,18)19)9(7)11(21)22-3/h5-6H,4H2,1-3H3. The summed E-state index contributed by atoms with van der Waals surface area (Å²) in [6.07, 6.45) is -4.72. The zero-order valence-corrected chi connectivity index (χ0v) is 14.2. The van der Waals surface area contributed by atoms with E-state index in [1.54, 1.807) is 13.8 Å². The number of ether oxygens (including phenoxy) is 1. The maximum Gasteiger partial charge on any atom is 0.434 e. The van der Waals surface area contributed by atoms with Gasteiger partial charge in [-0.05, 0) is 24.0 Å². The summed E-state index contributed by atoms with van der Waals surface area (Å²) in [6, 6.07) is 1.19. The average Bonchev–Trinajstić information content (AvgIpc) is 2.34. The first-order valence-electron chi connectivity index (χ1n) is 6.14. The molecular formula is C13H13Cl3F3NO2. The van der Waals surface area contributed by atoms with E-state index >= 15 is 0 Å². The number of hydrogen-bond acceptors (Lipinski definition) is 3. The van der Waals surface area contributed by atoms with Gasteiger partial charge in [-0.3, -0.25) is 0 Å². The zero-order valence-electron chi connectivity index (χ0n) is 11.9. The molecular weight excluding hydrogens is 366 g/mol. The van der Waals surface area contributed by atoms with Crippen LogP contribution in [-0.4, -0.2) is 18.1 Å². The fourth-order valence-electron chi connectivity index (χ4n) is 1.88. The fourth-order valence-corrected chi connectivity index (χ4v) is 2.17. The summed E-state index contributed by atoms with van der Waals surface area (Å²) < 4.78 is 42.0. The lowest BCUT2D eigenvalue weighted by Gasteiger charge is -2.20. The number of halogens is 6. The molecule has 9 heteroatoms. The molecule has 0 spiro atoms. The maximum atomic E-state index is 13.2. The Kier molecular flexibility index (Phi) is 5.98. The number of methoxy groups -OCH3 is 1. The second-order valence-electron chi connectivity index (χ2n) is 4.98. The first-order valence-corrected chi connectivity index (χ1v) is 7.28. The quantitative estimate of drug-likeness (QED) is 0.554. The molecule has 0 fully saturated rings. The van der Waals surface area contributed by atoms with Gasteiger partial charge in [-0.15, -0.1) is 0 Å². The third kappa shape index (κ3) is 4.64.